The first-order valence-electron chi connectivity index (χ1n) is 7.07. The van der Waals surface area contributed by atoms with Gasteiger partial charge in [-0.05, 0) is 49.4 Å². The topological polar surface area (TPSA) is 102 Å². The highest BCUT2D eigenvalue weighted by Gasteiger charge is 2.26. The fourth-order valence-corrected chi connectivity index (χ4v) is 3.94. The maximum atomic E-state index is 12.7. The lowest BCUT2D eigenvalue weighted by atomic mass is 10.2. The first kappa shape index (κ1) is 17.1. The highest BCUT2D eigenvalue weighted by Crippen LogP contribution is 2.25. The molecule has 1 heterocycles. The summed E-state index contributed by atoms with van der Waals surface area (Å²) in [7, 11) is -3.87. The molecule has 3 aromatic rings. The van der Waals surface area contributed by atoms with Crippen molar-refractivity contribution < 1.29 is 18.3 Å². The van der Waals surface area contributed by atoms with Crippen LogP contribution < -0.4 is 0 Å². The van der Waals surface area contributed by atoms with Crippen molar-refractivity contribution in [1.29, 1.82) is 0 Å². The summed E-state index contributed by atoms with van der Waals surface area (Å²) in [4.78, 5) is 10.9. The molecule has 2 aromatic carbocycles. The molecule has 9 heteroatoms. The van der Waals surface area contributed by atoms with Gasteiger partial charge >= 0.3 is 5.97 Å². The number of carbonyl (C=O) groups is 1. The monoisotopic (exact) mass is 377 g/mol. The smallest absolute Gasteiger partial charge is 0.335 e. The minimum atomic E-state index is -3.87. The zero-order valence-electron chi connectivity index (χ0n) is 12.9. The predicted octanol–water partition coefficient (Wildman–Crippen LogP) is 2.76. The lowest BCUT2D eigenvalue weighted by Gasteiger charge is -2.05. The fourth-order valence-electron chi connectivity index (χ4n) is 2.30. The van der Waals surface area contributed by atoms with E-state index in [-0.39, 0.29) is 15.5 Å². The summed E-state index contributed by atoms with van der Waals surface area (Å²) in [5, 5.41) is 16.7. The van der Waals surface area contributed by atoms with Gasteiger partial charge in [0.25, 0.3) is 0 Å². The Kier molecular flexibility index (Phi) is 4.32. The Labute approximate surface area is 148 Å². The van der Waals surface area contributed by atoms with Gasteiger partial charge in [-0.1, -0.05) is 22.9 Å². The van der Waals surface area contributed by atoms with Crippen LogP contribution in [0.25, 0.3) is 5.69 Å². The van der Waals surface area contributed by atoms with Crippen LogP contribution in [0, 0.1) is 6.92 Å². The van der Waals surface area contributed by atoms with E-state index in [1.54, 1.807) is 19.1 Å². The zero-order chi connectivity index (χ0) is 18.2. The van der Waals surface area contributed by atoms with E-state index in [0.29, 0.717) is 16.4 Å². The highest BCUT2D eigenvalue weighted by molar-refractivity contribution is 7.91. The summed E-state index contributed by atoms with van der Waals surface area (Å²) in [5.41, 5.74) is 0.930. The van der Waals surface area contributed by atoms with Crippen LogP contribution in [0.5, 0.6) is 0 Å². The summed E-state index contributed by atoms with van der Waals surface area (Å²) in [6.45, 7) is 1.57. The molecule has 0 amide bonds. The number of carboxylic acids is 1. The SMILES string of the molecule is Cc1c(S(=O)(=O)c2cccc(Cl)c2)nnn1-c1ccc(C(=O)O)cc1. The van der Waals surface area contributed by atoms with Gasteiger partial charge < -0.3 is 5.11 Å². The van der Waals surface area contributed by atoms with E-state index in [1.807, 2.05) is 0 Å². The molecule has 0 bridgehead atoms. The first-order valence-corrected chi connectivity index (χ1v) is 8.93. The van der Waals surface area contributed by atoms with Gasteiger partial charge in [0.15, 0.2) is 0 Å². The van der Waals surface area contributed by atoms with Crippen molar-refractivity contribution in [3.63, 3.8) is 0 Å². The number of hydrogen-bond acceptors (Lipinski definition) is 5. The predicted molar refractivity (Wildman–Crippen MR) is 90.0 cm³/mol. The van der Waals surface area contributed by atoms with Crippen molar-refractivity contribution >= 4 is 27.4 Å². The molecule has 0 saturated carbocycles. The Morgan fingerprint density at radius 3 is 2.44 bits per heavy atom. The Balaban J connectivity index is 2.05. The van der Waals surface area contributed by atoms with Crippen molar-refractivity contribution in [2.75, 3.05) is 0 Å². The maximum absolute atomic E-state index is 12.7. The summed E-state index contributed by atoms with van der Waals surface area (Å²) < 4.78 is 26.8. The number of halogens is 1. The Hall–Kier alpha value is -2.71. The minimum absolute atomic E-state index is 0.0244. The number of aromatic carboxylic acids is 1. The molecule has 0 saturated heterocycles. The lowest BCUT2D eigenvalue weighted by molar-refractivity contribution is 0.0697. The average molecular weight is 378 g/mol. The molecule has 0 unspecified atom stereocenters. The van der Waals surface area contributed by atoms with Crippen molar-refractivity contribution in [3.05, 3.63) is 64.8 Å². The van der Waals surface area contributed by atoms with Crippen molar-refractivity contribution in [3.8, 4) is 5.69 Å². The van der Waals surface area contributed by atoms with E-state index >= 15 is 0 Å². The van der Waals surface area contributed by atoms with Gasteiger partial charge in [0.05, 0.1) is 21.8 Å². The van der Waals surface area contributed by atoms with Gasteiger partial charge in [0.2, 0.25) is 14.9 Å². The van der Waals surface area contributed by atoms with Gasteiger partial charge in [-0.25, -0.2) is 17.9 Å². The number of carboxylic acid groups (broad SMARTS) is 1. The van der Waals surface area contributed by atoms with E-state index in [4.69, 9.17) is 16.7 Å². The number of sulfone groups is 1. The molecular formula is C16H12ClN3O4S. The first-order chi connectivity index (χ1) is 11.8. The second kappa shape index (κ2) is 6.30. The van der Waals surface area contributed by atoms with Gasteiger partial charge in [0.1, 0.15) is 0 Å². The summed E-state index contributed by atoms with van der Waals surface area (Å²) in [5.74, 6) is -1.05. The second-order valence-electron chi connectivity index (χ2n) is 5.20. The van der Waals surface area contributed by atoms with Gasteiger partial charge in [-0.2, -0.15) is 0 Å². The average Bonchev–Trinajstić information content (AvgIpc) is 2.97. The van der Waals surface area contributed by atoms with Crippen LogP contribution in [-0.2, 0) is 9.84 Å². The number of rotatable bonds is 4. The molecule has 0 aliphatic rings. The molecule has 0 aliphatic carbocycles. The minimum Gasteiger partial charge on any atom is -0.478 e. The van der Waals surface area contributed by atoms with Crippen LogP contribution in [0.1, 0.15) is 16.1 Å². The normalized spacial score (nSPS) is 11.4. The van der Waals surface area contributed by atoms with Crippen molar-refractivity contribution in [2.24, 2.45) is 0 Å². The largest absolute Gasteiger partial charge is 0.478 e. The van der Waals surface area contributed by atoms with Gasteiger partial charge in [-0.15, -0.1) is 5.10 Å². The third-order valence-corrected chi connectivity index (χ3v) is 5.57. The molecule has 128 valence electrons. The van der Waals surface area contributed by atoms with Crippen molar-refractivity contribution in [1.82, 2.24) is 15.0 Å². The number of aromatic nitrogens is 3. The summed E-state index contributed by atoms with van der Waals surface area (Å²) >= 11 is 5.87. The van der Waals surface area contributed by atoms with Crippen molar-refractivity contribution in [2.45, 2.75) is 16.8 Å². The quantitative estimate of drug-likeness (QED) is 0.750. The molecule has 1 aromatic heterocycles. The lowest BCUT2D eigenvalue weighted by Crippen LogP contribution is -2.06. The Morgan fingerprint density at radius 1 is 1.16 bits per heavy atom. The number of hydrogen-bond donors (Lipinski definition) is 1. The van der Waals surface area contributed by atoms with Crippen LogP contribution in [0.2, 0.25) is 5.02 Å². The van der Waals surface area contributed by atoms with Crippen LogP contribution in [0.15, 0.2) is 58.5 Å². The third kappa shape index (κ3) is 3.13. The van der Waals surface area contributed by atoms with Crippen LogP contribution in [0.4, 0.5) is 0 Å². The zero-order valence-corrected chi connectivity index (χ0v) is 14.5. The highest BCUT2D eigenvalue weighted by atomic mass is 35.5. The van der Waals surface area contributed by atoms with E-state index in [9.17, 15) is 13.2 Å². The summed E-state index contributed by atoms with van der Waals surface area (Å²) in [6, 6.07) is 11.8. The number of benzene rings is 2. The van der Waals surface area contributed by atoms with E-state index in [1.165, 1.54) is 41.1 Å². The second-order valence-corrected chi connectivity index (χ2v) is 7.51. The standard InChI is InChI=1S/C16H12ClN3O4S/c1-10-15(25(23,24)14-4-2-3-12(17)9-14)18-19-20(10)13-7-5-11(6-8-13)16(21)22/h2-9H,1H3,(H,21,22). The molecule has 0 aliphatic heterocycles. The molecule has 0 atom stereocenters. The van der Waals surface area contributed by atoms with Gasteiger partial charge in [-0.3, -0.25) is 0 Å². The molecule has 25 heavy (non-hydrogen) atoms. The fraction of sp³-hybridized carbons (Fsp3) is 0.0625. The van der Waals surface area contributed by atoms with Crippen LogP contribution >= 0.6 is 11.6 Å². The Morgan fingerprint density at radius 2 is 1.84 bits per heavy atom. The van der Waals surface area contributed by atoms with Gasteiger partial charge in [0, 0.05) is 5.02 Å². The maximum Gasteiger partial charge on any atom is 0.335 e. The van der Waals surface area contributed by atoms with E-state index < -0.39 is 15.8 Å². The molecule has 3 rings (SSSR count). The molecule has 1 N–H and O–H groups in total. The van der Waals surface area contributed by atoms with Crippen LogP contribution in [0.3, 0.4) is 0 Å². The number of nitrogens with zero attached hydrogens (tertiary/aromatic N) is 3. The Bertz CT molecular complexity index is 1060. The molecule has 0 fully saturated rings. The molecule has 0 spiro atoms. The summed E-state index contributed by atoms with van der Waals surface area (Å²) in [6.07, 6.45) is 0. The molecule has 0 radical (unpaired) electrons. The van der Waals surface area contributed by atoms with E-state index in [0.717, 1.165) is 0 Å². The molecular weight excluding hydrogens is 366 g/mol. The third-order valence-electron chi connectivity index (χ3n) is 3.57. The van der Waals surface area contributed by atoms with E-state index in [2.05, 4.69) is 10.3 Å². The molecule has 7 nitrogen and oxygen atoms in total. The van der Waals surface area contributed by atoms with Crippen LogP contribution in [-0.4, -0.2) is 34.5 Å².